The van der Waals surface area contributed by atoms with Crippen LogP contribution in [0.5, 0.6) is 11.5 Å². The molecule has 0 saturated heterocycles. The summed E-state index contributed by atoms with van der Waals surface area (Å²) in [4.78, 5) is 12.3. The van der Waals surface area contributed by atoms with Crippen LogP contribution in [-0.2, 0) is 14.8 Å². The number of primary sulfonamides is 1. The van der Waals surface area contributed by atoms with Gasteiger partial charge in [-0.3, -0.25) is 4.79 Å². The first-order valence-electron chi connectivity index (χ1n) is 7.87. The minimum Gasteiger partial charge on any atom is -0.503 e. The summed E-state index contributed by atoms with van der Waals surface area (Å²) in [6.07, 6.45) is 1.33. The van der Waals surface area contributed by atoms with Gasteiger partial charge in [-0.15, -0.1) is 0 Å². The second-order valence-electron chi connectivity index (χ2n) is 5.48. The molecule has 8 nitrogen and oxygen atoms in total. The van der Waals surface area contributed by atoms with Gasteiger partial charge in [-0.1, -0.05) is 0 Å². The molecular weight excluding hydrogens is 450 g/mol. The zero-order chi connectivity index (χ0) is 20.9. The van der Waals surface area contributed by atoms with Crippen LogP contribution in [0.15, 0.2) is 51.3 Å². The van der Waals surface area contributed by atoms with Gasteiger partial charge in [0.15, 0.2) is 11.5 Å². The third kappa shape index (κ3) is 5.32. The van der Waals surface area contributed by atoms with Crippen molar-refractivity contribution in [3.05, 3.63) is 52.0 Å². The summed E-state index contributed by atoms with van der Waals surface area (Å²) in [5.41, 5.74) is 0.556. The Labute approximate surface area is 170 Å². The van der Waals surface area contributed by atoms with Crippen molar-refractivity contribution in [3.8, 4) is 17.6 Å². The number of hydrogen-bond donors (Lipinski definition) is 3. The summed E-state index contributed by atoms with van der Waals surface area (Å²) in [5.74, 6) is -0.565. The Bertz CT molecular complexity index is 1070. The van der Waals surface area contributed by atoms with Crippen molar-refractivity contribution in [2.75, 3.05) is 11.9 Å². The lowest BCUT2D eigenvalue weighted by Gasteiger charge is -2.09. The molecule has 2 aromatic rings. The van der Waals surface area contributed by atoms with Crippen LogP contribution in [0.4, 0.5) is 5.69 Å². The minimum atomic E-state index is -3.84. The smallest absolute Gasteiger partial charge is 0.266 e. The second-order valence-corrected chi connectivity index (χ2v) is 7.89. The van der Waals surface area contributed by atoms with Crippen molar-refractivity contribution in [2.45, 2.75) is 11.8 Å². The number of nitrogens with two attached hydrogens (primary N) is 1. The minimum absolute atomic E-state index is 0.0862. The van der Waals surface area contributed by atoms with Crippen LogP contribution in [0.2, 0.25) is 0 Å². The van der Waals surface area contributed by atoms with Gasteiger partial charge in [-0.25, -0.2) is 13.6 Å². The fourth-order valence-corrected chi connectivity index (χ4v) is 3.16. The van der Waals surface area contributed by atoms with Crippen LogP contribution >= 0.6 is 15.9 Å². The van der Waals surface area contributed by atoms with E-state index in [9.17, 15) is 23.6 Å². The van der Waals surface area contributed by atoms with Crippen molar-refractivity contribution >= 4 is 43.6 Å². The lowest BCUT2D eigenvalue weighted by molar-refractivity contribution is -0.112. The Morgan fingerprint density at radius 2 is 2.00 bits per heavy atom. The van der Waals surface area contributed by atoms with Gasteiger partial charge < -0.3 is 15.2 Å². The SMILES string of the molecule is CCOc1cc(/C=C(\C#N)C(=O)Nc2ccc(S(N)(=O)=O)cc2)cc(Br)c1O. The monoisotopic (exact) mass is 465 g/mol. The van der Waals surface area contributed by atoms with Gasteiger partial charge in [0.1, 0.15) is 11.6 Å². The summed E-state index contributed by atoms with van der Waals surface area (Å²) >= 11 is 3.19. The Morgan fingerprint density at radius 1 is 1.36 bits per heavy atom. The van der Waals surface area contributed by atoms with E-state index in [1.54, 1.807) is 13.0 Å². The maximum absolute atomic E-state index is 12.4. The Morgan fingerprint density at radius 3 is 2.54 bits per heavy atom. The number of nitriles is 1. The molecule has 0 aliphatic heterocycles. The molecule has 0 aromatic heterocycles. The van der Waals surface area contributed by atoms with Crippen molar-refractivity contribution in [3.63, 3.8) is 0 Å². The quantitative estimate of drug-likeness (QED) is 0.441. The average molecular weight is 466 g/mol. The molecule has 2 aromatic carbocycles. The molecule has 4 N–H and O–H groups in total. The topological polar surface area (TPSA) is 143 Å². The van der Waals surface area contributed by atoms with Crippen LogP contribution in [0.25, 0.3) is 6.08 Å². The molecule has 0 aliphatic rings. The summed E-state index contributed by atoms with van der Waals surface area (Å²) in [6.45, 7) is 2.08. The standard InChI is InChI=1S/C18H16BrN3O5S/c1-2-27-16-9-11(8-15(19)17(16)23)7-12(10-20)18(24)22-13-3-5-14(6-4-13)28(21,25)26/h3-9,23H,2H2,1H3,(H,22,24)(H2,21,25,26)/b12-7+. The lowest BCUT2D eigenvalue weighted by atomic mass is 10.1. The van der Waals surface area contributed by atoms with Crippen LogP contribution in [0, 0.1) is 11.3 Å². The number of amides is 1. The lowest BCUT2D eigenvalue weighted by Crippen LogP contribution is -2.14. The molecule has 2 rings (SSSR count). The van der Waals surface area contributed by atoms with Gasteiger partial charge >= 0.3 is 0 Å². The number of hydrogen-bond acceptors (Lipinski definition) is 6. The van der Waals surface area contributed by atoms with Crippen LogP contribution < -0.4 is 15.2 Å². The Hall–Kier alpha value is -2.87. The highest BCUT2D eigenvalue weighted by molar-refractivity contribution is 9.10. The number of carbonyl (C=O) groups is 1. The summed E-state index contributed by atoms with van der Waals surface area (Å²) in [5, 5.41) is 26.8. The van der Waals surface area contributed by atoms with E-state index < -0.39 is 15.9 Å². The van der Waals surface area contributed by atoms with Gasteiger partial charge in [0.25, 0.3) is 5.91 Å². The van der Waals surface area contributed by atoms with E-state index in [1.165, 1.54) is 42.5 Å². The van der Waals surface area contributed by atoms with Crippen molar-refractivity contribution in [1.82, 2.24) is 0 Å². The molecule has 0 aliphatic carbocycles. The number of aromatic hydroxyl groups is 1. The van der Waals surface area contributed by atoms with E-state index in [2.05, 4.69) is 21.2 Å². The highest BCUT2D eigenvalue weighted by Crippen LogP contribution is 2.36. The molecule has 0 atom stereocenters. The number of phenols is 1. The second kappa shape index (κ2) is 8.88. The number of ether oxygens (including phenoxy) is 1. The number of rotatable bonds is 6. The first-order valence-corrected chi connectivity index (χ1v) is 10.2. The molecule has 0 radical (unpaired) electrons. The van der Waals surface area contributed by atoms with Gasteiger partial charge in [-0.2, -0.15) is 5.26 Å². The molecule has 0 saturated carbocycles. The number of carbonyl (C=O) groups excluding carboxylic acids is 1. The number of phenolic OH excluding ortho intramolecular Hbond substituents is 1. The Kier molecular flexibility index (Phi) is 6.80. The number of sulfonamides is 1. The van der Waals surface area contributed by atoms with Crippen LogP contribution in [0.1, 0.15) is 12.5 Å². The maximum atomic E-state index is 12.4. The molecule has 0 unspecified atom stereocenters. The number of benzene rings is 2. The van der Waals surface area contributed by atoms with E-state index in [0.717, 1.165) is 0 Å². The highest BCUT2D eigenvalue weighted by atomic mass is 79.9. The average Bonchev–Trinajstić information content (AvgIpc) is 2.63. The van der Waals surface area contributed by atoms with Gasteiger partial charge in [0, 0.05) is 5.69 Å². The van der Waals surface area contributed by atoms with Crippen LogP contribution in [-0.4, -0.2) is 26.0 Å². The van der Waals surface area contributed by atoms with Gasteiger partial charge in [-0.05, 0) is 70.9 Å². The summed E-state index contributed by atoms with van der Waals surface area (Å²) in [7, 11) is -3.84. The van der Waals surface area contributed by atoms with Crippen molar-refractivity contribution < 1.29 is 23.1 Å². The first kappa shape index (κ1) is 21.4. The molecule has 146 valence electrons. The number of halogens is 1. The molecule has 1 amide bonds. The van der Waals surface area contributed by atoms with E-state index in [0.29, 0.717) is 22.3 Å². The first-order chi connectivity index (χ1) is 13.2. The predicted molar refractivity (Wildman–Crippen MR) is 107 cm³/mol. The van der Waals surface area contributed by atoms with Crippen molar-refractivity contribution in [2.24, 2.45) is 5.14 Å². The fourth-order valence-electron chi connectivity index (χ4n) is 2.18. The third-order valence-electron chi connectivity index (χ3n) is 3.47. The molecule has 10 heteroatoms. The zero-order valence-corrected chi connectivity index (χ0v) is 17.0. The molecule has 28 heavy (non-hydrogen) atoms. The normalized spacial score (nSPS) is 11.6. The van der Waals surface area contributed by atoms with E-state index in [4.69, 9.17) is 9.88 Å². The molecule has 0 bridgehead atoms. The summed E-state index contributed by atoms with van der Waals surface area (Å²) in [6, 6.07) is 10.0. The predicted octanol–water partition coefficient (Wildman–Crippen LogP) is 2.75. The summed E-state index contributed by atoms with van der Waals surface area (Å²) < 4.78 is 28.2. The highest BCUT2D eigenvalue weighted by Gasteiger charge is 2.13. The largest absolute Gasteiger partial charge is 0.503 e. The van der Waals surface area contributed by atoms with Gasteiger partial charge in [0.05, 0.1) is 16.0 Å². The van der Waals surface area contributed by atoms with Gasteiger partial charge in [0.2, 0.25) is 10.0 Å². The molecule has 0 heterocycles. The van der Waals surface area contributed by atoms with Crippen molar-refractivity contribution in [1.29, 1.82) is 5.26 Å². The van der Waals surface area contributed by atoms with E-state index in [-0.39, 0.29) is 22.0 Å². The number of nitrogens with zero attached hydrogens (tertiary/aromatic N) is 1. The fraction of sp³-hybridized carbons (Fsp3) is 0.111. The van der Waals surface area contributed by atoms with E-state index >= 15 is 0 Å². The maximum Gasteiger partial charge on any atom is 0.266 e. The Balaban J connectivity index is 2.27. The number of anilines is 1. The molecule has 0 fully saturated rings. The number of nitrogens with one attached hydrogen (secondary N) is 1. The third-order valence-corrected chi connectivity index (χ3v) is 5.00. The molecular formula is C18H16BrN3O5S. The zero-order valence-electron chi connectivity index (χ0n) is 14.6. The van der Waals surface area contributed by atoms with E-state index in [1.807, 2.05) is 0 Å². The van der Waals surface area contributed by atoms with Crippen LogP contribution in [0.3, 0.4) is 0 Å². The molecule has 0 spiro atoms.